The molecular formula is C9H8O4S. The van der Waals surface area contributed by atoms with Crippen molar-refractivity contribution in [3.05, 3.63) is 33.7 Å². The second-order valence-electron chi connectivity index (χ2n) is 2.61. The summed E-state index contributed by atoms with van der Waals surface area (Å²) in [4.78, 5) is 22.9. The quantitative estimate of drug-likeness (QED) is 0.455. The lowest BCUT2D eigenvalue weighted by Crippen LogP contribution is -2.02. The maximum Gasteiger partial charge on any atom is 0.371 e. The Hall–Kier alpha value is -1.62. The molecule has 0 aliphatic heterocycles. The number of allylic oxidation sites excluding steroid dienone is 1. The van der Waals surface area contributed by atoms with Crippen molar-refractivity contribution in [1.29, 1.82) is 0 Å². The van der Waals surface area contributed by atoms with Crippen LogP contribution in [-0.2, 0) is 4.79 Å². The Labute approximate surface area is 84.1 Å². The summed E-state index contributed by atoms with van der Waals surface area (Å²) in [5, 5.41) is 17.1. The molecule has 0 fully saturated rings. The monoisotopic (exact) mass is 212 g/mol. The van der Waals surface area contributed by atoms with Crippen LogP contribution in [0.25, 0.3) is 0 Å². The number of aliphatic hydroxyl groups excluding tert-OH is 1. The maximum absolute atomic E-state index is 11.3. The van der Waals surface area contributed by atoms with Gasteiger partial charge in [0.1, 0.15) is 0 Å². The zero-order valence-electron chi connectivity index (χ0n) is 7.35. The van der Waals surface area contributed by atoms with Crippen LogP contribution in [-0.4, -0.2) is 22.0 Å². The number of hydrogen-bond donors (Lipinski definition) is 2. The number of rotatable bonds is 3. The van der Waals surface area contributed by atoms with Gasteiger partial charge in [0.25, 0.3) is 0 Å². The zero-order valence-corrected chi connectivity index (χ0v) is 8.17. The highest BCUT2D eigenvalue weighted by Gasteiger charge is 2.10. The molecule has 0 aliphatic rings. The molecule has 4 nitrogen and oxygen atoms in total. The third-order valence-electron chi connectivity index (χ3n) is 1.47. The van der Waals surface area contributed by atoms with Crippen LogP contribution in [0.1, 0.15) is 14.5 Å². The molecule has 0 bridgehead atoms. The van der Waals surface area contributed by atoms with E-state index in [4.69, 9.17) is 10.2 Å². The number of hydrogen-bond acceptors (Lipinski definition) is 4. The van der Waals surface area contributed by atoms with Gasteiger partial charge in [-0.25, -0.2) is 4.79 Å². The fourth-order valence-corrected chi connectivity index (χ4v) is 1.60. The van der Waals surface area contributed by atoms with Crippen molar-refractivity contribution in [2.45, 2.75) is 6.92 Å². The third kappa shape index (κ3) is 2.43. The van der Waals surface area contributed by atoms with E-state index in [1.807, 2.05) is 6.92 Å². The number of aliphatic hydroxyl groups is 1. The maximum atomic E-state index is 11.3. The molecule has 1 rings (SSSR count). The molecule has 0 spiro atoms. The van der Waals surface area contributed by atoms with Crippen molar-refractivity contribution in [2.24, 2.45) is 0 Å². The summed E-state index contributed by atoms with van der Waals surface area (Å²) < 4.78 is 0. The van der Waals surface area contributed by atoms with Gasteiger partial charge < -0.3 is 10.2 Å². The van der Waals surface area contributed by atoms with Gasteiger partial charge in [-0.1, -0.05) is 0 Å². The smallest absolute Gasteiger partial charge is 0.371 e. The van der Waals surface area contributed by atoms with Crippen LogP contribution in [0, 0.1) is 6.92 Å². The number of aryl methyl sites for hydroxylation is 1. The number of ketones is 1. The molecule has 74 valence electrons. The van der Waals surface area contributed by atoms with Crippen LogP contribution >= 0.6 is 11.3 Å². The lowest BCUT2D eigenvalue weighted by atomic mass is 10.3. The van der Waals surface area contributed by atoms with Gasteiger partial charge >= 0.3 is 5.97 Å². The number of aliphatic carboxylic acids is 1. The highest BCUT2D eigenvalue weighted by molar-refractivity contribution is 7.14. The highest BCUT2D eigenvalue weighted by atomic mass is 32.1. The second kappa shape index (κ2) is 4.06. The fraction of sp³-hybridized carbons (Fsp3) is 0.111. The summed E-state index contributed by atoms with van der Waals surface area (Å²) in [5.74, 6) is -2.95. The molecular weight excluding hydrogens is 204 g/mol. The minimum Gasteiger partial charge on any atom is -0.502 e. The first kappa shape index (κ1) is 10.5. The van der Waals surface area contributed by atoms with Gasteiger partial charge in [-0.05, 0) is 19.1 Å². The molecule has 0 atom stereocenters. The molecule has 14 heavy (non-hydrogen) atoms. The van der Waals surface area contributed by atoms with E-state index in [0.717, 1.165) is 4.88 Å². The van der Waals surface area contributed by atoms with Crippen molar-refractivity contribution in [3.63, 3.8) is 0 Å². The molecule has 1 aromatic heterocycles. The van der Waals surface area contributed by atoms with Crippen LogP contribution in [0.2, 0.25) is 0 Å². The highest BCUT2D eigenvalue weighted by Crippen LogP contribution is 2.16. The molecule has 1 aromatic rings. The molecule has 0 radical (unpaired) electrons. The van der Waals surface area contributed by atoms with Gasteiger partial charge in [0.05, 0.1) is 4.88 Å². The van der Waals surface area contributed by atoms with Crippen LogP contribution in [0.3, 0.4) is 0 Å². The summed E-state index contributed by atoms with van der Waals surface area (Å²) in [6.45, 7) is 1.84. The Balaban J connectivity index is 2.87. The molecule has 0 aromatic carbocycles. The average Bonchev–Trinajstić information content (AvgIpc) is 2.51. The summed E-state index contributed by atoms with van der Waals surface area (Å²) in [5.41, 5.74) is 0. The first-order valence-corrected chi connectivity index (χ1v) is 4.57. The molecule has 0 saturated carbocycles. The zero-order chi connectivity index (χ0) is 10.7. The molecule has 0 aliphatic carbocycles. The second-order valence-corrected chi connectivity index (χ2v) is 3.90. The molecule has 1 heterocycles. The standard InChI is InChI=1S/C9H8O4S/c1-5-2-3-8(14-5)6(10)4-7(11)9(12)13/h2-4,11H,1H3,(H,12,13)/b7-4-. The van der Waals surface area contributed by atoms with Gasteiger partial charge in [0, 0.05) is 11.0 Å². The van der Waals surface area contributed by atoms with E-state index in [1.165, 1.54) is 11.3 Å². The van der Waals surface area contributed by atoms with Crippen LogP contribution < -0.4 is 0 Å². The van der Waals surface area contributed by atoms with E-state index < -0.39 is 17.5 Å². The van der Waals surface area contributed by atoms with Crippen molar-refractivity contribution in [3.8, 4) is 0 Å². The first-order chi connectivity index (χ1) is 6.50. The summed E-state index contributed by atoms with van der Waals surface area (Å²) in [6, 6.07) is 3.34. The molecule has 5 heteroatoms. The number of thiophene rings is 1. The Morgan fingerprint density at radius 1 is 1.36 bits per heavy atom. The predicted molar refractivity (Wildman–Crippen MR) is 51.7 cm³/mol. The van der Waals surface area contributed by atoms with E-state index >= 15 is 0 Å². The van der Waals surface area contributed by atoms with Crippen molar-refractivity contribution < 1.29 is 19.8 Å². The summed E-state index contributed by atoms with van der Waals surface area (Å²) >= 11 is 1.25. The molecule has 0 amide bonds. The van der Waals surface area contributed by atoms with Crippen molar-refractivity contribution >= 4 is 23.1 Å². The topological polar surface area (TPSA) is 74.6 Å². The van der Waals surface area contributed by atoms with Crippen LogP contribution in [0.15, 0.2) is 24.0 Å². The molecule has 0 saturated heterocycles. The van der Waals surface area contributed by atoms with Gasteiger partial charge in [-0.2, -0.15) is 0 Å². The minimum absolute atomic E-state index is 0.412. The number of carboxylic acids is 1. The van der Waals surface area contributed by atoms with E-state index in [9.17, 15) is 9.59 Å². The van der Waals surface area contributed by atoms with E-state index in [-0.39, 0.29) is 0 Å². The summed E-state index contributed by atoms with van der Waals surface area (Å²) in [6.07, 6.45) is 0.702. The number of carbonyl (C=O) groups is 2. The van der Waals surface area contributed by atoms with Crippen molar-refractivity contribution in [2.75, 3.05) is 0 Å². The number of carboxylic acid groups (broad SMARTS) is 1. The lowest BCUT2D eigenvalue weighted by molar-refractivity contribution is -0.135. The lowest BCUT2D eigenvalue weighted by Gasteiger charge is -1.90. The first-order valence-electron chi connectivity index (χ1n) is 3.75. The van der Waals surface area contributed by atoms with Gasteiger partial charge in [-0.3, -0.25) is 4.79 Å². The number of carbonyl (C=O) groups excluding carboxylic acids is 1. The van der Waals surface area contributed by atoms with Gasteiger partial charge in [0.2, 0.25) is 5.76 Å². The fourth-order valence-electron chi connectivity index (χ4n) is 0.824. The molecule has 2 N–H and O–H groups in total. The van der Waals surface area contributed by atoms with Crippen LogP contribution in [0.4, 0.5) is 0 Å². The van der Waals surface area contributed by atoms with Gasteiger partial charge in [0.15, 0.2) is 5.78 Å². The SMILES string of the molecule is Cc1ccc(C(=O)/C=C(\O)C(=O)O)s1. The third-order valence-corrected chi connectivity index (χ3v) is 2.49. The average molecular weight is 212 g/mol. The Kier molecular flexibility index (Phi) is 3.03. The minimum atomic E-state index is -1.51. The van der Waals surface area contributed by atoms with Crippen LogP contribution in [0.5, 0.6) is 0 Å². The predicted octanol–water partition coefficient (Wildman–Crippen LogP) is 1.77. The van der Waals surface area contributed by atoms with E-state index in [2.05, 4.69) is 0 Å². The van der Waals surface area contributed by atoms with E-state index in [0.29, 0.717) is 11.0 Å². The Morgan fingerprint density at radius 3 is 2.43 bits per heavy atom. The molecule has 0 unspecified atom stereocenters. The Morgan fingerprint density at radius 2 is 2.00 bits per heavy atom. The summed E-state index contributed by atoms with van der Waals surface area (Å²) in [7, 11) is 0. The van der Waals surface area contributed by atoms with Gasteiger partial charge in [-0.15, -0.1) is 11.3 Å². The largest absolute Gasteiger partial charge is 0.502 e. The van der Waals surface area contributed by atoms with Crippen molar-refractivity contribution in [1.82, 2.24) is 0 Å². The normalized spacial score (nSPS) is 11.4. The van der Waals surface area contributed by atoms with E-state index in [1.54, 1.807) is 12.1 Å². The Bertz CT molecular complexity index is 403.